The van der Waals surface area contributed by atoms with Gasteiger partial charge in [0.05, 0.1) is 16.2 Å². The molecule has 1 aromatic heterocycles. The Morgan fingerprint density at radius 2 is 2.28 bits per heavy atom. The highest BCUT2D eigenvalue weighted by atomic mass is 79.9. The lowest BCUT2D eigenvalue weighted by Gasteiger charge is -2.18. The van der Waals surface area contributed by atoms with Crippen LogP contribution in [0.3, 0.4) is 0 Å². The summed E-state index contributed by atoms with van der Waals surface area (Å²) in [6, 6.07) is 6.54. The quantitative estimate of drug-likeness (QED) is 0.673. The molecule has 2 rings (SSSR count). The monoisotopic (exact) mass is 312 g/mol. The van der Waals surface area contributed by atoms with Crippen molar-refractivity contribution in [2.75, 3.05) is 0 Å². The second-order valence-corrected chi connectivity index (χ2v) is 4.70. The number of nitrogens with one attached hydrogen (secondary N) is 1. The minimum atomic E-state index is -0.310. The Morgan fingerprint density at radius 1 is 1.50 bits per heavy atom. The maximum Gasteiger partial charge on any atom is 0.137 e. The molecule has 0 saturated heterocycles. The lowest BCUT2D eigenvalue weighted by atomic mass is 10.0. The third kappa shape index (κ3) is 2.45. The second-order valence-electron chi connectivity index (χ2n) is 3.85. The summed E-state index contributed by atoms with van der Waals surface area (Å²) in [7, 11) is 0. The van der Waals surface area contributed by atoms with E-state index in [1.54, 1.807) is 12.3 Å². The maximum atomic E-state index is 13.6. The fourth-order valence-electron chi connectivity index (χ4n) is 1.90. The molecular formula is C12H14BrFN4. The van der Waals surface area contributed by atoms with Crippen molar-refractivity contribution in [1.82, 2.24) is 15.2 Å². The van der Waals surface area contributed by atoms with Gasteiger partial charge in [-0.1, -0.05) is 6.07 Å². The SMILES string of the molecule is CCn1nccc1C(NN)c1ccc(Br)c(F)c1. The number of nitrogens with two attached hydrogens (primary N) is 1. The smallest absolute Gasteiger partial charge is 0.137 e. The van der Waals surface area contributed by atoms with Crippen molar-refractivity contribution in [3.05, 3.63) is 52.0 Å². The Morgan fingerprint density at radius 3 is 2.89 bits per heavy atom. The Balaban J connectivity index is 2.42. The summed E-state index contributed by atoms with van der Waals surface area (Å²) in [5.74, 6) is 5.27. The zero-order valence-electron chi connectivity index (χ0n) is 9.90. The van der Waals surface area contributed by atoms with Gasteiger partial charge in [0.15, 0.2) is 0 Å². The first-order valence-electron chi connectivity index (χ1n) is 5.60. The highest BCUT2D eigenvalue weighted by Gasteiger charge is 2.17. The summed E-state index contributed by atoms with van der Waals surface area (Å²) < 4.78 is 15.8. The van der Waals surface area contributed by atoms with Crippen LogP contribution in [0.2, 0.25) is 0 Å². The summed E-state index contributed by atoms with van der Waals surface area (Å²) >= 11 is 3.13. The number of halogens is 2. The van der Waals surface area contributed by atoms with Crippen LogP contribution >= 0.6 is 15.9 Å². The molecule has 0 bridgehead atoms. The highest BCUT2D eigenvalue weighted by molar-refractivity contribution is 9.10. The lowest BCUT2D eigenvalue weighted by Crippen LogP contribution is -2.30. The summed E-state index contributed by atoms with van der Waals surface area (Å²) in [6.07, 6.45) is 1.71. The van der Waals surface area contributed by atoms with E-state index < -0.39 is 0 Å². The molecule has 0 amide bonds. The van der Waals surface area contributed by atoms with Crippen LogP contribution in [-0.2, 0) is 6.54 Å². The van der Waals surface area contributed by atoms with Gasteiger partial charge in [-0.3, -0.25) is 10.5 Å². The minimum absolute atomic E-state index is 0.282. The Bertz CT molecular complexity index is 541. The van der Waals surface area contributed by atoms with Crippen LogP contribution in [0.4, 0.5) is 4.39 Å². The van der Waals surface area contributed by atoms with Gasteiger partial charge in [0, 0.05) is 12.7 Å². The Kier molecular flexibility index (Phi) is 4.11. The van der Waals surface area contributed by atoms with Crippen LogP contribution in [0.15, 0.2) is 34.9 Å². The topological polar surface area (TPSA) is 55.9 Å². The molecule has 6 heteroatoms. The predicted octanol–water partition coefficient (Wildman–Crippen LogP) is 2.36. The molecule has 0 aliphatic heterocycles. The molecule has 0 aliphatic rings. The predicted molar refractivity (Wildman–Crippen MR) is 71.2 cm³/mol. The molecule has 0 spiro atoms. The van der Waals surface area contributed by atoms with E-state index in [4.69, 9.17) is 5.84 Å². The van der Waals surface area contributed by atoms with Gasteiger partial charge in [-0.15, -0.1) is 0 Å². The van der Waals surface area contributed by atoms with E-state index >= 15 is 0 Å². The molecular weight excluding hydrogens is 299 g/mol. The van der Waals surface area contributed by atoms with Crippen molar-refractivity contribution in [3.8, 4) is 0 Å². The molecule has 3 N–H and O–H groups in total. The molecule has 96 valence electrons. The highest BCUT2D eigenvalue weighted by Crippen LogP contribution is 2.25. The number of hydrogen-bond donors (Lipinski definition) is 2. The first-order chi connectivity index (χ1) is 8.67. The molecule has 1 atom stereocenters. The number of rotatable bonds is 4. The molecule has 0 radical (unpaired) electrons. The van der Waals surface area contributed by atoms with Gasteiger partial charge < -0.3 is 0 Å². The Labute approximate surface area is 113 Å². The van der Waals surface area contributed by atoms with Gasteiger partial charge in [-0.05, 0) is 46.6 Å². The number of aromatic nitrogens is 2. The average Bonchev–Trinajstić information content (AvgIpc) is 2.83. The number of hydrazine groups is 1. The zero-order chi connectivity index (χ0) is 13.1. The third-order valence-corrected chi connectivity index (χ3v) is 3.43. The van der Waals surface area contributed by atoms with E-state index in [1.807, 2.05) is 23.7 Å². The summed E-state index contributed by atoms with van der Waals surface area (Å²) in [5, 5.41) is 4.19. The van der Waals surface area contributed by atoms with E-state index in [0.29, 0.717) is 4.47 Å². The van der Waals surface area contributed by atoms with Crippen LogP contribution in [0, 0.1) is 5.82 Å². The maximum absolute atomic E-state index is 13.6. The van der Waals surface area contributed by atoms with Crippen molar-refractivity contribution < 1.29 is 4.39 Å². The van der Waals surface area contributed by atoms with Crippen molar-refractivity contribution in [3.63, 3.8) is 0 Å². The van der Waals surface area contributed by atoms with Crippen molar-refractivity contribution in [1.29, 1.82) is 0 Å². The third-order valence-electron chi connectivity index (χ3n) is 2.79. The number of hydrogen-bond acceptors (Lipinski definition) is 3. The van der Waals surface area contributed by atoms with E-state index in [-0.39, 0.29) is 11.9 Å². The summed E-state index contributed by atoms with van der Waals surface area (Å²) in [5.41, 5.74) is 4.36. The van der Waals surface area contributed by atoms with E-state index in [0.717, 1.165) is 17.8 Å². The molecule has 2 aromatic rings. The zero-order valence-corrected chi connectivity index (χ0v) is 11.5. The van der Waals surface area contributed by atoms with Crippen molar-refractivity contribution in [2.24, 2.45) is 5.84 Å². The second kappa shape index (κ2) is 5.60. The first-order valence-corrected chi connectivity index (χ1v) is 6.39. The molecule has 0 fully saturated rings. The average molecular weight is 313 g/mol. The molecule has 1 aromatic carbocycles. The van der Waals surface area contributed by atoms with E-state index in [1.165, 1.54) is 6.07 Å². The fourth-order valence-corrected chi connectivity index (χ4v) is 2.14. The molecule has 18 heavy (non-hydrogen) atoms. The van der Waals surface area contributed by atoms with Crippen molar-refractivity contribution in [2.45, 2.75) is 19.5 Å². The van der Waals surface area contributed by atoms with Crippen LogP contribution in [0.25, 0.3) is 0 Å². The van der Waals surface area contributed by atoms with Gasteiger partial charge in [0.1, 0.15) is 5.82 Å². The van der Waals surface area contributed by atoms with Crippen LogP contribution in [0.5, 0.6) is 0 Å². The number of aryl methyl sites for hydroxylation is 1. The van der Waals surface area contributed by atoms with E-state index in [2.05, 4.69) is 26.5 Å². The summed E-state index contributed by atoms with van der Waals surface area (Å²) in [6.45, 7) is 2.73. The normalized spacial score (nSPS) is 12.7. The van der Waals surface area contributed by atoms with Crippen LogP contribution in [-0.4, -0.2) is 9.78 Å². The summed E-state index contributed by atoms with van der Waals surface area (Å²) in [4.78, 5) is 0. The van der Waals surface area contributed by atoms with Crippen molar-refractivity contribution >= 4 is 15.9 Å². The number of nitrogens with zero attached hydrogens (tertiary/aromatic N) is 2. The molecule has 0 aliphatic carbocycles. The minimum Gasteiger partial charge on any atom is -0.271 e. The molecule has 4 nitrogen and oxygen atoms in total. The first kappa shape index (κ1) is 13.2. The van der Waals surface area contributed by atoms with Gasteiger partial charge in [0.2, 0.25) is 0 Å². The molecule has 1 unspecified atom stereocenters. The van der Waals surface area contributed by atoms with E-state index in [9.17, 15) is 4.39 Å². The Hall–Kier alpha value is -1.24. The lowest BCUT2D eigenvalue weighted by molar-refractivity contribution is 0.539. The van der Waals surface area contributed by atoms with Gasteiger partial charge >= 0.3 is 0 Å². The van der Waals surface area contributed by atoms with Crippen LogP contribution in [0.1, 0.15) is 24.2 Å². The largest absolute Gasteiger partial charge is 0.271 e. The van der Waals surface area contributed by atoms with Gasteiger partial charge in [-0.25, -0.2) is 9.82 Å². The standard InChI is InChI=1S/C12H14BrFN4/c1-2-18-11(5-6-16-18)12(17-15)8-3-4-9(13)10(14)7-8/h3-7,12,17H,2,15H2,1H3. The van der Waals surface area contributed by atoms with Gasteiger partial charge in [0.25, 0.3) is 0 Å². The fraction of sp³-hybridized carbons (Fsp3) is 0.250. The van der Waals surface area contributed by atoms with Crippen LogP contribution < -0.4 is 11.3 Å². The molecule has 0 saturated carbocycles. The van der Waals surface area contributed by atoms with Gasteiger partial charge in [-0.2, -0.15) is 5.10 Å². The molecule has 1 heterocycles. The number of benzene rings is 1.